The van der Waals surface area contributed by atoms with Gasteiger partial charge in [-0.3, -0.25) is 9.59 Å². The zero-order valence-electron chi connectivity index (χ0n) is 12.7. The fraction of sp³-hybridized carbons (Fsp3) is 0.529. The summed E-state index contributed by atoms with van der Waals surface area (Å²) in [6, 6.07) is 9.35. The molecule has 0 bridgehead atoms. The number of carbonyl (C=O) groups is 2. The van der Waals surface area contributed by atoms with Crippen molar-refractivity contribution in [1.82, 2.24) is 5.32 Å². The Labute approximate surface area is 130 Å². The number of carbonyl (C=O) groups excluding carboxylic acids is 1. The zero-order chi connectivity index (χ0) is 15.8. The molecule has 1 amide bonds. The number of benzene rings is 1. The summed E-state index contributed by atoms with van der Waals surface area (Å²) >= 11 is 0. The summed E-state index contributed by atoms with van der Waals surface area (Å²) in [5, 5.41) is 12.1. The average molecular weight is 305 g/mol. The first-order valence-corrected chi connectivity index (χ1v) is 7.80. The molecule has 5 nitrogen and oxygen atoms in total. The van der Waals surface area contributed by atoms with Crippen LogP contribution in [0.15, 0.2) is 30.3 Å². The molecule has 2 N–H and O–H groups in total. The fourth-order valence-electron chi connectivity index (χ4n) is 2.86. The Morgan fingerprint density at radius 1 is 1.14 bits per heavy atom. The van der Waals surface area contributed by atoms with Crippen molar-refractivity contribution < 1.29 is 19.4 Å². The minimum absolute atomic E-state index is 0.0439. The molecule has 120 valence electrons. The number of ether oxygens (including phenoxy) is 1. The first-order valence-electron chi connectivity index (χ1n) is 7.80. The van der Waals surface area contributed by atoms with Crippen LogP contribution in [-0.4, -0.2) is 29.6 Å². The van der Waals surface area contributed by atoms with Crippen LogP contribution in [0, 0.1) is 5.92 Å². The highest BCUT2D eigenvalue weighted by Gasteiger charge is 2.30. The number of aliphatic carboxylic acids is 1. The van der Waals surface area contributed by atoms with E-state index in [0.717, 1.165) is 31.2 Å². The van der Waals surface area contributed by atoms with Gasteiger partial charge in [0.15, 0.2) is 0 Å². The SMILES string of the molecule is O=C(COCc1ccccc1)N[C@H]1CCCCC[C@H]1C(=O)O. The molecule has 5 heteroatoms. The second kappa shape index (κ2) is 8.54. The third-order valence-corrected chi connectivity index (χ3v) is 4.02. The van der Waals surface area contributed by atoms with E-state index in [1.807, 2.05) is 30.3 Å². The monoisotopic (exact) mass is 305 g/mol. The topological polar surface area (TPSA) is 75.6 Å². The van der Waals surface area contributed by atoms with Crippen LogP contribution in [0.5, 0.6) is 0 Å². The quantitative estimate of drug-likeness (QED) is 0.791. The van der Waals surface area contributed by atoms with E-state index < -0.39 is 11.9 Å². The molecule has 0 heterocycles. The summed E-state index contributed by atoms with van der Waals surface area (Å²) in [5.74, 6) is -1.55. The summed E-state index contributed by atoms with van der Waals surface area (Å²) < 4.78 is 5.39. The molecule has 1 aliphatic carbocycles. The van der Waals surface area contributed by atoms with Crippen LogP contribution < -0.4 is 5.32 Å². The van der Waals surface area contributed by atoms with Gasteiger partial charge in [0, 0.05) is 6.04 Å². The molecule has 2 rings (SSSR count). The summed E-state index contributed by atoms with van der Waals surface area (Å²) in [4.78, 5) is 23.3. The maximum absolute atomic E-state index is 12.0. The average Bonchev–Trinajstić information content (AvgIpc) is 2.74. The van der Waals surface area contributed by atoms with Crippen molar-refractivity contribution >= 4 is 11.9 Å². The molecule has 0 saturated heterocycles. The molecule has 2 atom stereocenters. The van der Waals surface area contributed by atoms with E-state index in [2.05, 4.69) is 5.32 Å². The molecule has 1 aromatic carbocycles. The second-order valence-electron chi connectivity index (χ2n) is 5.74. The van der Waals surface area contributed by atoms with Crippen molar-refractivity contribution in [3.63, 3.8) is 0 Å². The van der Waals surface area contributed by atoms with E-state index in [1.165, 1.54) is 0 Å². The highest BCUT2D eigenvalue weighted by Crippen LogP contribution is 2.23. The lowest BCUT2D eigenvalue weighted by Gasteiger charge is -2.22. The van der Waals surface area contributed by atoms with Crippen LogP contribution in [0.2, 0.25) is 0 Å². The van der Waals surface area contributed by atoms with Crippen LogP contribution >= 0.6 is 0 Å². The summed E-state index contributed by atoms with van der Waals surface area (Å²) in [6.07, 6.45) is 4.25. The Morgan fingerprint density at radius 2 is 1.86 bits per heavy atom. The van der Waals surface area contributed by atoms with Crippen molar-refractivity contribution in [2.45, 2.75) is 44.8 Å². The van der Waals surface area contributed by atoms with Gasteiger partial charge in [-0.05, 0) is 18.4 Å². The molecule has 22 heavy (non-hydrogen) atoms. The number of amides is 1. The predicted molar refractivity (Wildman–Crippen MR) is 82.2 cm³/mol. The molecule has 0 unspecified atom stereocenters. The van der Waals surface area contributed by atoms with E-state index in [9.17, 15) is 14.7 Å². The summed E-state index contributed by atoms with van der Waals surface area (Å²) in [5.41, 5.74) is 1.01. The Balaban J connectivity index is 1.78. The van der Waals surface area contributed by atoms with Gasteiger partial charge >= 0.3 is 5.97 Å². The van der Waals surface area contributed by atoms with E-state index in [4.69, 9.17) is 4.74 Å². The Hall–Kier alpha value is -1.88. The van der Waals surface area contributed by atoms with Gasteiger partial charge in [0.1, 0.15) is 6.61 Å². The van der Waals surface area contributed by atoms with E-state index in [1.54, 1.807) is 0 Å². The van der Waals surface area contributed by atoms with Gasteiger partial charge in [0.2, 0.25) is 5.91 Å². The predicted octanol–water partition coefficient (Wildman–Crippen LogP) is 2.35. The minimum atomic E-state index is -0.822. The van der Waals surface area contributed by atoms with Crippen molar-refractivity contribution in [1.29, 1.82) is 0 Å². The first-order chi connectivity index (χ1) is 10.7. The van der Waals surface area contributed by atoms with Gasteiger partial charge in [0.25, 0.3) is 0 Å². The maximum atomic E-state index is 12.0. The molecular weight excluding hydrogens is 282 g/mol. The fourth-order valence-corrected chi connectivity index (χ4v) is 2.86. The maximum Gasteiger partial charge on any atom is 0.308 e. The molecule has 1 saturated carbocycles. The molecule has 1 aromatic rings. The van der Waals surface area contributed by atoms with Gasteiger partial charge < -0.3 is 15.2 Å². The second-order valence-corrected chi connectivity index (χ2v) is 5.74. The van der Waals surface area contributed by atoms with Crippen LogP contribution in [0.3, 0.4) is 0 Å². The van der Waals surface area contributed by atoms with Gasteiger partial charge in [0.05, 0.1) is 12.5 Å². The third kappa shape index (κ3) is 5.15. The van der Waals surface area contributed by atoms with Crippen molar-refractivity contribution in [2.75, 3.05) is 6.61 Å². The lowest BCUT2D eigenvalue weighted by molar-refractivity contribution is -0.143. The third-order valence-electron chi connectivity index (χ3n) is 4.02. The number of carboxylic acids is 1. The standard InChI is InChI=1S/C17H23NO4/c19-16(12-22-11-13-7-3-1-4-8-13)18-15-10-6-2-5-9-14(15)17(20)21/h1,3-4,7-8,14-15H,2,5-6,9-12H2,(H,18,19)(H,20,21)/t14-,15+/m1/s1. The number of carboxylic acid groups (broad SMARTS) is 1. The van der Waals surface area contributed by atoms with Gasteiger partial charge in [-0.25, -0.2) is 0 Å². The Kier molecular flexibility index (Phi) is 6.40. The minimum Gasteiger partial charge on any atom is -0.481 e. The van der Waals surface area contributed by atoms with Crippen molar-refractivity contribution in [3.8, 4) is 0 Å². The van der Waals surface area contributed by atoms with Crippen LogP contribution in [0.4, 0.5) is 0 Å². The smallest absolute Gasteiger partial charge is 0.308 e. The van der Waals surface area contributed by atoms with E-state index in [-0.39, 0.29) is 18.6 Å². The largest absolute Gasteiger partial charge is 0.481 e. The highest BCUT2D eigenvalue weighted by molar-refractivity contribution is 5.79. The van der Waals surface area contributed by atoms with Gasteiger partial charge in [-0.1, -0.05) is 49.6 Å². The first kappa shape index (κ1) is 16.5. The van der Waals surface area contributed by atoms with E-state index in [0.29, 0.717) is 13.0 Å². The Morgan fingerprint density at radius 3 is 2.59 bits per heavy atom. The lowest BCUT2D eigenvalue weighted by Crippen LogP contribution is -2.44. The number of rotatable bonds is 6. The zero-order valence-corrected chi connectivity index (χ0v) is 12.7. The lowest BCUT2D eigenvalue weighted by atomic mass is 9.95. The Bertz CT molecular complexity index is 489. The highest BCUT2D eigenvalue weighted by atomic mass is 16.5. The molecule has 0 spiro atoms. The molecule has 1 aliphatic rings. The normalized spacial score (nSPS) is 21.8. The van der Waals surface area contributed by atoms with Crippen molar-refractivity contribution in [2.24, 2.45) is 5.92 Å². The molecule has 0 aromatic heterocycles. The number of hydrogen-bond acceptors (Lipinski definition) is 3. The molecular formula is C17H23NO4. The molecule has 0 radical (unpaired) electrons. The van der Waals surface area contributed by atoms with Crippen LogP contribution in [0.25, 0.3) is 0 Å². The van der Waals surface area contributed by atoms with E-state index >= 15 is 0 Å². The van der Waals surface area contributed by atoms with Crippen LogP contribution in [-0.2, 0) is 20.9 Å². The van der Waals surface area contributed by atoms with Gasteiger partial charge in [-0.2, -0.15) is 0 Å². The summed E-state index contributed by atoms with van der Waals surface area (Å²) in [7, 11) is 0. The summed E-state index contributed by atoms with van der Waals surface area (Å²) in [6.45, 7) is 0.332. The molecule has 0 aliphatic heterocycles. The number of hydrogen-bond donors (Lipinski definition) is 2. The number of nitrogens with one attached hydrogen (secondary N) is 1. The van der Waals surface area contributed by atoms with Crippen molar-refractivity contribution in [3.05, 3.63) is 35.9 Å². The van der Waals surface area contributed by atoms with Gasteiger partial charge in [-0.15, -0.1) is 0 Å². The molecule has 1 fully saturated rings. The van der Waals surface area contributed by atoms with Crippen LogP contribution in [0.1, 0.15) is 37.7 Å².